The third-order valence-electron chi connectivity index (χ3n) is 2.89. The van der Waals surface area contributed by atoms with E-state index in [9.17, 15) is 5.11 Å². The molecule has 0 saturated heterocycles. The van der Waals surface area contributed by atoms with Gasteiger partial charge >= 0.3 is 0 Å². The summed E-state index contributed by atoms with van der Waals surface area (Å²) in [6, 6.07) is 4.97. The Bertz CT molecular complexity index is 602. The molecule has 2 N–H and O–H groups in total. The minimum absolute atomic E-state index is 0.0455. The fourth-order valence-electron chi connectivity index (χ4n) is 1.84. The molecule has 0 bridgehead atoms. The highest BCUT2D eigenvalue weighted by atomic mass is 16.5. The highest BCUT2D eigenvalue weighted by Crippen LogP contribution is 2.30. The van der Waals surface area contributed by atoms with Gasteiger partial charge in [0.2, 0.25) is 11.8 Å². The van der Waals surface area contributed by atoms with Crippen LogP contribution < -0.4 is 10.1 Å². The van der Waals surface area contributed by atoms with Crippen molar-refractivity contribution in [3.05, 3.63) is 24.1 Å². The quantitative estimate of drug-likeness (QED) is 0.880. The Morgan fingerprint density at radius 3 is 2.67 bits per heavy atom. The van der Waals surface area contributed by atoms with Gasteiger partial charge in [-0.2, -0.15) is 0 Å². The smallest absolute Gasteiger partial charge is 0.247 e. The predicted octanol–water partition coefficient (Wildman–Crippen LogP) is 2.38. The van der Waals surface area contributed by atoms with Crippen molar-refractivity contribution in [3.63, 3.8) is 0 Å². The number of aromatic hydroxyl groups is 1. The van der Waals surface area contributed by atoms with Gasteiger partial charge in [0.05, 0.1) is 7.11 Å². The number of phenolic OH excluding ortho intramolecular Hbond substituents is 1. The van der Waals surface area contributed by atoms with Gasteiger partial charge in [0, 0.05) is 24.1 Å². The van der Waals surface area contributed by atoms with E-state index in [4.69, 9.17) is 9.15 Å². The van der Waals surface area contributed by atoms with E-state index in [1.807, 2.05) is 0 Å². The van der Waals surface area contributed by atoms with E-state index in [-0.39, 0.29) is 11.3 Å². The van der Waals surface area contributed by atoms with Crippen LogP contribution in [0.2, 0.25) is 0 Å². The van der Waals surface area contributed by atoms with Crippen molar-refractivity contribution in [2.24, 2.45) is 0 Å². The second kappa shape index (κ2) is 6.13. The number of ether oxygens (including phenoxy) is 1. The molecule has 1 heterocycles. The highest BCUT2D eigenvalue weighted by molar-refractivity contribution is 5.59. The summed E-state index contributed by atoms with van der Waals surface area (Å²) in [5.41, 5.74) is 0.723. The number of methoxy groups -OCH3 is 1. The van der Waals surface area contributed by atoms with Crippen molar-refractivity contribution in [3.8, 4) is 23.0 Å². The molecule has 1 aromatic carbocycles. The third kappa shape index (κ3) is 4.19. The molecule has 6 heteroatoms. The first kappa shape index (κ1) is 15.3. The number of rotatable bonds is 5. The van der Waals surface area contributed by atoms with Crippen LogP contribution >= 0.6 is 0 Å². The number of benzene rings is 1. The van der Waals surface area contributed by atoms with Crippen LogP contribution in [0.5, 0.6) is 11.5 Å². The van der Waals surface area contributed by atoms with E-state index >= 15 is 0 Å². The summed E-state index contributed by atoms with van der Waals surface area (Å²) < 4.78 is 10.6. The normalized spacial score (nSPS) is 11.6. The summed E-state index contributed by atoms with van der Waals surface area (Å²) in [4.78, 5) is 0. The van der Waals surface area contributed by atoms with Crippen LogP contribution in [0, 0.1) is 0 Å². The van der Waals surface area contributed by atoms with Gasteiger partial charge < -0.3 is 19.6 Å². The minimum atomic E-state index is 0.0455. The van der Waals surface area contributed by atoms with E-state index in [1.54, 1.807) is 18.2 Å². The van der Waals surface area contributed by atoms with E-state index in [1.165, 1.54) is 7.11 Å². The lowest BCUT2D eigenvalue weighted by Gasteiger charge is -2.19. The first-order chi connectivity index (χ1) is 9.89. The first-order valence-corrected chi connectivity index (χ1v) is 6.84. The summed E-state index contributed by atoms with van der Waals surface area (Å²) in [5.74, 6) is 1.41. The zero-order chi connectivity index (χ0) is 15.5. The molecular weight excluding hydrogens is 270 g/mol. The monoisotopic (exact) mass is 291 g/mol. The largest absolute Gasteiger partial charge is 0.504 e. The van der Waals surface area contributed by atoms with E-state index in [0.29, 0.717) is 29.5 Å². The summed E-state index contributed by atoms with van der Waals surface area (Å²) >= 11 is 0. The fourth-order valence-corrected chi connectivity index (χ4v) is 1.84. The molecule has 0 aliphatic carbocycles. The van der Waals surface area contributed by atoms with Crippen molar-refractivity contribution in [1.82, 2.24) is 15.5 Å². The van der Waals surface area contributed by atoms with Gasteiger partial charge in [0.25, 0.3) is 0 Å². The van der Waals surface area contributed by atoms with Crippen molar-refractivity contribution in [1.29, 1.82) is 0 Å². The van der Waals surface area contributed by atoms with E-state index in [2.05, 4.69) is 36.3 Å². The van der Waals surface area contributed by atoms with Gasteiger partial charge in [-0.25, -0.2) is 0 Å². The SMILES string of the molecule is COc1ccc(-c2nnc(CCNC(C)(C)C)o2)cc1O. The molecule has 1 aromatic heterocycles. The molecular formula is C15H21N3O3. The molecule has 0 unspecified atom stereocenters. The predicted molar refractivity (Wildman–Crippen MR) is 79.4 cm³/mol. The summed E-state index contributed by atoms with van der Waals surface area (Å²) in [6.07, 6.45) is 0.659. The van der Waals surface area contributed by atoms with Crippen LogP contribution in [0.15, 0.2) is 22.6 Å². The van der Waals surface area contributed by atoms with Gasteiger partial charge in [0.15, 0.2) is 11.5 Å². The summed E-state index contributed by atoms with van der Waals surface area (Å²) in [6.45, 7) is 7.07. The second-order valence-corrected chi connectivity index (χ2v) is 5.81. The molecule has 0 saturated carbocycles. The molecule has 0 fully saturated rings. The topological polar surface area (TPSA) is 80.4 Å². The number of hydrogen-bond acceptors (Lipinski definition) is 6. The maximum atomic E-state index is 9.77. The van der Waals surface area contributed by atoms with Crippen LogP contribution in [0.4, 0.5) is 0 Å². The number of nitrogens with zero attached hydrogens (tertiary/aromatic N) is 2. The molecule has 0 aliphatic rings. The second-order valence-electron chi connectivity index (χ2n) is 5.81. The molecule has 0 aliphatic heterocycles. The zero-order valence-corrected chi connectivity index (χ0v) is 12.8. The molecule has 0 atom stereocenters. The first-order valence-electron chi connectivity index (χ1n) is 6.84. The van der Waals surface area contributed by atoms with Crippen molar-refractivity contribution in [2.45, 2.75) is 32.7 Å². The summed E-state index contributed by atoms with van der Waals surface area (Å²) in [5, 5.41) is 21.1. The standard InChI is InChI=1S/C15H21N3O3/c1-15(2,3)16-8-7-13-17-18-14(21-13)10-5-6-12(20-4)11(19)9-10/h5-6,9,16,19H,7-8H2,1-4H3. The third-order valence-corrected chi connectivity index (χ3v) is 2.89. The Morgan fingerprint density at radius 2 is 2.05 bits per heavy atom. The maximum absolute atomic E-state index is 9.77. The minimum Gasteiger partial charge on any atom is -0.504 e. The van der Waals surface area contributed by atoms with Gasteiger partial charge in [0.1, 0.15) is 0 Å². The number of nitrogens with one attached hydrogen (secondary N) is 1. The Labute approximate surface area is 124 Å². The van der Waals surface area contributed by atoms with Crippen molar-refractivity contribution in [2.75, 3.05) is 13.7 Å². The Balaban J connectivity index is 2.04. The zero-order valence-electron chi connectivity index (χ0n) is 12.8. The van der Waals surface area contributed by atoms with E-state index in [0.717, 1.165) is 6.54 Å². The molecule has 2 aromatic rings. The maximum Gasteiger partial charge on any atom is 0.247 e. The number of phenols is 1. The lowest BCUT2D eigenvalue weighted by Crippen LogP contribution is -2.37. The van der Waals surface area contributed by atoms with Gasteiger partial charge in [-0.05, 0) is 39.0 Å². The molecule has 6 nitrogen and oxygen atoms in total. The van der Waals surface area contributed by atoms with Crippen LogP contribution in [0.1, 0.15) is 26.7 Å². The molecule has 0 spiro atoms. The van der Waals surface area contributed by atoms with Crippen LogP contribution in [-0.2, 0) is 6.42 Å². The van der Waals surface area contributed by atoms with Crippen LogP contribution in [0.25, 0.3) is 11.5 Å². The molecule has 21 heavy (non-hydrogen) atoms. The summed E-state index contributed by atoms with van der Waals surface area (Å²) in [7, 11) is 1.50. The molecule has 114 valence electrons. The van der Waals surface area contributed by atoms with Crippen LogP contribution in [-0.4, -0.2) is 34.5 Å². The average molecular weight is 291 g/mol. The molecule has 2 rings (SSSR count). The Hall–Kier alpha value is -2.08. The lowest BCUT2D eigenvalue weighted by atomic mass is 10.1. The lowest BCUT2D eigenvalue weighted by molar-refractivity contribution is 0.373. The molecule has 0 amide bonds. The van der Waals surface area contributed by atoms with Gasteiger partial charge in [-0.15, -0.1) is 10.2 Å². The van der Waals surface area contributed by atoms with Gasteiger partial charge in [-0.3, -0.25) is 0 Å². The number of aromatic nitrogens is 2. The van der Waals surface area contributed by atoms with E-state index < -0.39 is 0 Å². The van der Waals surface area contributed by atoms with Crippen molar-refractivity contribution >= 4 is 0 Å². The average Bonchev–Trinajstić information content (AvgIpc) is 2.86. The highest BCUT2D eigenvalue weighted by Gasteiger charge is 2.13. The van der Waals surface area contributed by atoms with Crippen molar-refractivity contribution < 1.29 is 14.3 Å². The Morgan fingerprint density at radius 1 is 1.29 bits per heavy atom. The van der Waals surface area contributed by atoms with Crippen LogP contribution in [0.3, 0.4) is 0 Å². The van der Waals surface area contributed by atoms with Gasteiger partial charge in [-0.1, -0.05) is 0 Å². The fraction of sp³-hybridized carbons (Fsp3) is 0.467. The molecule has 0 radical (unpaired) electrons. The Kier molecular flexibility index (Phi) is 4.47. The number of hydrogen-bond donors (Lipinski definition) is 2.